The summed E-state index contributed by atoms with van der Waals surface area (Å²) < 4.78 is 1.77. The normalized spacial score (nSPS) is 10.5. The van der Waals surface area contributed by atoms with Crippen LogP contribution in [0, 0.1) is 0 Å². The van der Waals surface area contributed by atoms with Crippen molar-refractivity contribution in [2.24, 2.45) is 11.5 Å². The highest BCUT2D eigenvalue weighted by Crippen LogP contribution is 2.26. The van der Waals surface area contributed by atoms with E-state index in [2.05, 4.69) is 10.2 Å². The molecule has 9 heteroatoms. The number of aromatic nitrogens is 3. The molecule has 2 rings (SSSR count). The van der Waals surface area contributed by atoms with Gasteiger partial charge in [0.25, 0.3) is 0 Å². The number of amides is 2. The minimum atomic E-state index is -0.436. The Bertz CT molecular complexity index is 609. The highest BCUT2D eigenvalue weighted by molar-refractivity contribution is 8.00. The molecule has 2 amide bonds. The first kappa shape index (κ1) is 15.4. The average Bonchev–Trinajstić information content (AvgIpc) is 2.86. The van der Waals surface area contributed by atoms with Crippen LogP contribution in [0.2, 0.25) is 0 Å². The number of benzene rings is 1. The van der Waals surface area contributed by atoms with Crippen LogP contribution in [-0.4, -0.2) is 38.1 Å². The van der Waals surface area contributed by atoms with Gasteiger partial charge < -0.3 is 11.5 Å². The van der Waals surface area contributed by atoms with E-state index >= 15 is 0 Å². The van der Waals surface area contributed by atoms with Crippen LogP contribution in [0.3, 0.4) is 0 Å². The van der Waals surface area contributed by atoms with Gasteiger partial charge in [0.05, 0.1) is 17.2 Å². The van der Waals surface area contributed by atoms with E-state index in [1.807, 2.05) is 30.3 Å². The van der Waals surface area contributed by atoms with E-state index in [1.54, 1.807) is 4.57 Å². The molecule has 4 N–H and O–H groups in total. The Labute approximate surface area is 129 Å². The lowest BCUT2D eigenvalue weighted by atomic mass is 10.3. The molecule has 2 aromatic rings. The van der Waals surface area contributed by atoms with E-state index < -0.39 is 11.8 Å². The summed E-state index contributed by atoms with van der Waals surface area (Å²) in [5.41, 5.74) is 11.1. The number of carbonyl (C=O) groups excluding carboxylic acids is 2. The largest absolute Gasteiger partial charge is 0.369 e. The first-order valence-corrected chi connectivity index (χ1v) is 7.88. The van der Waals surface area contributed by atoms with Crippen molar-refractivity contribution in [1.82, 2.24) is 14.8 Å². The fourth-order valence-corrected chi connectivity index (χ4v) is 2.95. The molecule has 0 bridgehead atoms. The predicted octanol–water partition coefficient (Wildman–Crippen LogP) is 0.422. The Kier molecular flexibility index (Phi) is 5.23. The number of para-hydroxylation sites is 1. The third-order valence-electron chi connectivity index (χ3n) is 2.31. The smallest absolute Gasteiger partial charge is 0.227 e. The Balaban J connectivity index is 2.33. The summed E-state index contributed by atoms with van der Waals surface area (Å²) in [6, 6.07) is 9.40. The zero-order valence-electron chi connectivity index (χ0n) is 10.9. The molecule has 0 aliphatic rings. The Morgan fingerprint density at radius 1 is 0.952 bits per heavy atom. The number of nitrogens with zero attached hydrogens (tertiary/aromatic N) is 3. The maximum absolute atomic E-state index is 10.9. The number of carbonyl (C=O) groups is 2. The van der Waals surface area contributed by atoms with Crippen molar-refractivity contribution in [3.05, 3.63) is 30.3 Å². The summed E-state index contributed by atoms with van der Waals surface area (Å²) in [4.78, 5) is 21.8. The molecule has 0 aliphatic heterocycles. The first-order valence-electron chi connectivity index (χ1n) is 5.91. The van der Waals surface area contributed by atoms with Gasteiger partial charge in [-0.2, -0.15) is 0 Å². The van der Waals surface area contributed by atoms with Gasteiger partial charge in [0.15, 0.2) is 10.3 Å². The van der Waals surface area contributed by atoms with E-state index in [9.17, 15) is 9.59 Å². The summed E-state index contributed by atoms with van der Waals surface area (Å²) in [5.74, 6) is -0.667. The van der Waals surface area contributed by atoms with Crippen molar-refractivity contribution in [3.63, 3.8) is 0 Å². The monoisotopic (exact) mass is 323 g/mol. The lowest BCUT2D eigenvalue weighted by Crippen LogP contribution is -2.14. The molecule has 110 valence electrons. The predicted molar refractivity (Wildman–Crippen MR) is 81.2 cm³/mol. The Morgan fingerprint density at radius 2 is 1.43 bits per heavy atom. The van der Waals surface area contributed by atoms with Crippen LogP contribution in [0.4, 0.5) is 0 Å². The highest BCUT2D eigenvalue weighted by atomic mass is 32.2. The minimum absolute atomic E-state index is 0.103. The van der Waals surface area contributed by atoms with Crippen LogP contribution in [0.15, 0.2) is 40.6 Å². The summed E-state index contributed by atoms with van der Waals surface area (Å²) >= 11 is 2.38. The topological polar surface area (TPSA) is 117 Å². The molecule has 1 aromatic carbocycles. The van der Waals surface area contributed by atoms with E-state index in [0.29, 0.717) is 10.3 Å². The summed E-state index contributed by atoms with van der Waals surface area (Å²) in [6.45, 7) is 0. The van der Waals surface area contributed by atoms with Crippen LogP contribution < -0.4 is 11.5 Å². The van der Waals surface area contributed by atoms with Crippen molar-refractivity contribution in [2.75, 3.05) is 11.5 Å². The molecular formula is C12H13N5O2S2. The van der Waals surface area contributed by atoms with Gasteiger partial charge in [0.1, 0.15) is 0 Å². The molecule has 1 aromatic heterocycles. The highest BCUT2D eigenvalue weighted by Gasteiger charge is 2.16. The maximum atomic E-state index is 10.9. The van der Waals surface area contributed by atoms with E-state index in [1.165, 1.54) is 23.5 Å². The first-order chi connectivity index (χ1) is 10.1. The van der Waals surface area contributed by atoms with Crippen LogP contribution in [-0.2, 0) is 9.59 Å². The van der Waals surface area contributed by atoms with Crippen LogP contribution in [0.5, 0.6) is 0 Å². The number of rotatable bonds is 7. The lowest BCUT2D eigenvalue weighted by Gasteiger charge is -2.08. The molecule has 21 heavy (non-hydrogen) atoms. The van der Waals surface area contributed by atoms with Gasteiger partial charge >= 0.3 is 0 Å². The van der Waals surface area contributed by atoms with Gasteiger partial charge in [-0.3, -0.25) is 14.2 Å². The van der Waals surface area contributed by atoms with Crippen molar-refractivity contribution >= 4 is 35.3 Å². The second-order valence-corrected chi connectivity index (χ2v) is 5.83. The third kappa shape index (κ3) is 4.23. The van der Waals surface area contributed by atoms with Gasteiger partial charge in [-0.1, -0.05) is 41.7 Å². The van der Waals surface area contributed by atoms with E-state index in [4.69, 9.17) is 11.5 Å². The SMILES string of the molecule is NC(=O)CSc1nnc(SCC(N)=O)n1-c1ccccc1. The number of primary amides is 2. The minimum Gasteiger partial charge on any atom is -0.369 e. The Morgan fingerprint density at radius 3 is 1.86 bits per heavy atom. The number of thioether (sulfide) groups is 2. The fraction of sp³-hybridized carbons (Fsp3) is 0.167. The molecular weight excluding hydrogens is 310 g/mol. The van der Waals surface area contributed by atoms with Crippen molar-refractivity contribution in [1.29, 1.82) is 0 Å². The number of hydrogen-bond acceptors (Lipinski definition) is 6. The van der Waals surface area contributed by atoms with E-state index in [-0.39, 0.29) is 11.5 Å². The van der Waals surface area contributed by atoms with Gasteiger partial charge in [0, 0.05) is 0 Å². The van der Waals surface area contributed by atoms with Gasteiger partial charge in [-0.25, -0.2) is 0 Å². The summed E-state index contributed by atoms with van der Waals surface area (Å²) in [6.07, 6.45) is 0. The lowest BCUT2D eigenvalue weighted by molar-refractivity contribution is -0.116. The fourth-order valence-electron chi connectivity index (χ4n) is 1.51. The molecule has 0 aliphatic carbocycles. The zero-order valence-corrected chi connectivity index (χ0v) is 12.6. The summed E-state index contributed by atoms with van der Waals surface area (Å²) in [5, 5.41) is 9.14. The zero-order chi connectivity index (χ0) is 15.2. The van der Waals surface area contributed by atoms with Crippen LogP contribution >= 0.6 is 23.5 Å². The molecule has 0 saturated heterocycles. The maximum Gasteiger partial charge on any atom is 0.227 e. The Hall–Kier alpha value is -2.00. The van der Waals surface area contributed by atoms with E-state index in [0.717, 1.165) is 5.69 Å². The molecule has 0 atom stereocenters. The molecule has 0 spiro atoms. The van der Waals surface area contributed by atoms with Gasteiger partial charge in [-0.05, 0) is 12.1 Å². The molecule has 0 fully saturated rings. The molecule has 0 saturated carbocycles. The van der Waals surface area contributed by atoms with Crippen molar-refractivity contribution in [3.8, 4) is 5.69 Å². The third-order valence-corrected chi connectivity index (χ3v) is 4.21. The second-order valence-electron chi connectivity index (χ2n) is 3.95. The second kappa shape index (κ2) is 7.14. The standard InChI is InChI=1S/C12H13N5O2S2/c13-9(18)6-20-11-15-16-12(21-7-10(14)19)17(11)8-4-2-1-3-5-8/h1-5H,6-7H2,(H2,13,18)(H2,14,19). The number of hydrogen-bond donors (Lipinski definition) is 2. The molecule has 0 radical (unpaired) electrons. The average molecular weight is 323 g/mol. The quantitative estimate of drug-likeness (QED) is 0.713. The van der Waals surface area contributed by atoms with Gasteiger partial charge in [0.2, 0.25) is 11.8 Å². The molecule has 7 nitrogen and oxygen atoms in total. The van der Waals surface area contributed by atoms with Crippen LogP contribution in [0.1, 0.15) is 0 Å². The molecule has 1 heterocycles. The summed E-state index contributed by atoms with van der Waals surface area (Å²) in [7, 11) is 0. The van der Waals surface area contributed by atoms with Crippen LogP contribution in [0.25, 0.3) is 5.69 Å². The van der Waals surface area contributed by atoms with Gasteiger partial charge in [-0.15, -0.1) is 10.2 Å². The number of nitrogens with two attached hydrogens (primary N) is 2. The van der Waals surface area contributed by atoms with Crippen molar-refractivity contribution < 1.29 is 9.59 Å². The molecule has 0 unspecified atom stereocenters. The van der Waals surface area contributed by atoms with Crippen molar-refractivity contribution in [2.45, 2.75) is 10.3 Å².